The summed E-state index contributed by atoms with van der Waals surface area (Å²) in [4.78, 5) is 12.0. The van der Waals surface area contributed by atoms with Crippen molar-refractivity contribution < 1.29 is 9.90 Å². The Balaban J connectivity index is 1.77. The first kappa shape index (κ1) is 15.0. The number of rotatable bonds is 6. The molecule has 2 rings (SSSR count). The Kier molecular flexibility index (Phi) is 5.56. The van der Waals surface area contributed by atoms with Gasteiger partial charge in [0.05, 0.1) is 6.04 Å². The largest absolute Gasteiger partial charge is 0.396 e. The average Bonchev–Trinajstić information content (AvgIpc) is 2.93. The van der Waals surface area contributed by atoms with E-state index in [-0.39, 0.29) is 12.5 Å². The van der Waals surface area contributed by atoms with Crippen LogP contribution in [0.3, 0.4) is 0 Å². The molecule has 1 aliphatic rings. The van der Waals surface area contributed by atoms with Crippen LogP contribution in [0.2, 0.25) is 0 Å². The van der Waals surface area contributed by atoms with Crippen LogP contribution in [0.1, 0.15) is 24.8 Å². The normalized spacial score (nSPS) is 23.5. The molecule has 4 nitrogen and oxygen atoms in total. The summed E-state index contributed by atoms with van der Waals surface area (Å²) in [6.45, 7) is 0.850. The molecule has 1 aliphatic carbocycles. The van der Waals surface area contributed by atoms with Gasteiger partial charge in [0.2, 0.25) is 5.91 Å². The van der Waals surface area contributed by atoms with Crippen LogP contribution in [0, 0.1) is 11.8 Å². The first-order valence-electron chi connectivity index (χ1n) is 7.38. The Labute approximate surface area is 120 Å². The van der Waals surface area contributed by atoms with Crippen LogP contribution in [-0.2, 0) is 11.2 Å². The summed E-state index contributed by atoms with van der Waals surface area (Å²) in [7, 11) is 0. The van der Waals surface area contributed by atoms with Gasteiger partial charge in [0.25, 0.3) is 0 Å². The number of nitrogens with one attached hydrogen (secondary N) is 1. The predicted molar refractivity (Wildman–Crippen MR) is 79.0 cm³/mol. The van der Waals surface area contributed by atoms with E-state index < -0.39 is 6.04 Å². The first-order chi connectivity index (χ1) is 9.70. The molecule has 0 spiro atoms. The van der Waals surface area contributed by atoms with Gasteiger partial charge in [-0.05, 0) is 36.7 Å². The van der Waals surface area contributed by atoms with Crippen molar-refractivity contribution in [2.24, 2.45) is 17.6 Å². The summed E-state index contributed by atoms with van der Waals surface area (Å²) in [5, 5.41) is 12.2. The molecule has 0 radical (unpaired) electrons. The Morgan fingerprint density at radius 1 is 1.30 bits per heavy atom. The number of nitrogens with two attached hydrogens (primary N) is 1. The maximum absolute atomic E-state index is 12.0. The highest BCUT2D eigenvalue weighted by Crippen LogP contribution is 2.30. The fourth-order valence-electron chi connectivity index (χ4n) is 2.95. The van der Waals surface area contributed by atoms with E-state index in [1.807, 2.05) is 30.3 Å². The van der Waals surface area contributed by atoms with Gasteiger partial charge in [-0.2, -0.15) is 0 Å². The minimum Gasteiger partial charge on any atom is -0.396 e. The van der Waals surface area contributed by atoms with Crippen LogP contribution in [0.4, 0.5) is 0 Å². The fraction of sp³-hybridized carbons (Fsp3) is 0.562. The zero-order chi connectivity index (χ0) is 14.4. The molecule has 0 heterocycles. The van der Waals surface area contributed by atoms with Crippen molar-refractivity contribution in [3.05, 3.63) is 35.9 Å². The number of amides is 1. The van der Waals surface area contributed by atoms with Crippen LogP contribution < -0.4 is 11.1 Å². The fourth-order valence-corrected chi connectivity index (χ4v) is 2.95. The van der Waals surface area contributed by atoms with Crippen LogP contribution in [-0.4, -0.2) is 30.2 Å². The third-order valence-corrected chi connectivity index (χ3v) is 4.22. The minimum absolute atomic E-state index is 0.0996. The van der Waals surface area contributed by atoms with Gasteiger partial charge in [0.1, 0.15) is 0 Å². The molecule has 1 aromatic carbocycles. The number of aliphatic hydroxyl groups is 1. The molecule has 110 valence electrons. The predicted octanol–water partition coefficient (Wildman–Crippen LogP) is 1.08. The van der Waals surface area contributed by atoms with Crippen LogP contribution in [0.15, 0.2) is 30.3 Å². The molecule has 1 fully saturated rings. The summed E-state index contributed by atoms with van der Waals surface area (Å²) in [6.07, 6.45) is 3.84. The summed E-state index contributed by atoms with van der Waals surface area (Å²) in [5.74, 6) is 0.631. The number of hydrogen-bond donors (Lipinski definition) is 3. The van der Waals surface area contributed by atoms with Crippen molar-refractivity contribution in [2.45, 2.75) is 31.7 Å². The third kappa shape index (κ3) is 4.05. The van der Waals surface area contributed by atoms with E-state index in [0.717, 1.165) is 24.8 Å². The van der Waals surface area contributed by atoms with Gasteiger partial charge in [-0.3, -0.25) is 4.79 Å². The Hall–Kier alpha value is -1.39. The minimum atomic E-state index is -0.508. The summed E-state index contributed by atoms with van der Waals surface area (Å²) in [6, 6.07) is 9.29. The van der Waals surface area contributed by atoms with E-state index in [2.05, 4.69) is 5.32 Å². The van der Waals surface area contributed by atoms with Crippen molar-refractivity contribution in [2.75, 3.05) is 13.2 Å². The van der Waals surface area contributed by atoms with Crippen LogP contribution in [0.5, 0.6) is 0 Å². The Morgan fingerprint density at radius 3 is 2.70 bits per heavy atom. The number of carbonyl (C=O) groups excluding carboxylic acids is 1. The van der Waals surface area contributed by atoms with Crippen LogP contribution >= 0.6 is 0 Å². The topological polar surface area (TPSA) is 75.4 Å². The highest BCUT2D eigenvalue weighted by Gasteiger charge is 2.27. The first-order valence-corrected chi connectivity index (χ1v) is 7.38. The maximum Gasteiger partial charge on any atom is 0.237 e. The number of aliphatic hydroxyl groups excluding tert-OH is 1. The van der Waals surface area contributed by atoms with Crippen LogP contribution in [0.25, 0.3) is 0 Å². The lowest BCUT2D eigenvalue weighted by Gasteiger charge is -2.19. The second-order valence-corrected chi connectivity index (χ2v) is 5.68. The molecule has 1 amide bonds. The van der Waals surface area contributed by atoms with Crippen molar-refractivity contribution in [3.63, 3.8) is 0 Å². The molecule has 4 heteroatoms. The number of benzene rings is 1. The quantitative estimate of drug-likeness (QED) is 0.728. The lowest BCUT2D eigenvalue weighted by atomic mass is 9.97. The second kappa shape index (κ2) is 7.41. The second-order valence-electron chi connectivity index (χ2n) is 5.68. The van der Waals surface area contributed by atoms with Crippen molar-refractivity contribution in [1.29, 1.82) is 0 Å². The van der Waals surface area contributed by atoms with Crippen molar-refractivity contribution in [3.8, 4) is 0 Å². The molecule has 0 saturated heterocycles. The zero-order valence-corrected chi connectivity index (χ0v) is 11.8. The smallest absolute Gasteiger partial charge is 0.237 e. The molecule has 1 aromatic rings. The van der Waals surface area contributed by atoms with Crippen molar-refractivity contribution in [1.82, 2.24) is 5.32 Å². The molecular weight excluding hydrogens is 252 g/mol. The summed E-state index contributed by atoms with van der Waals surface area (Å²) in [5.41, 5.74) is 7.01. The standard InChI is InChI=1S/C16H24N2O2/c17-15(9-12-5-2-1-3-6-12)16(20)18-10-13-7-4-8-14(13)11-19/h1-3,5-6,13-15,19H,4,7-11,17H2,(H,18,20). The zero-order valence-electron chi connectivity index (χ0n) is 11.8. The monoisotopic (exact) mass is 276 g/mol. The molecule has 4 N–H and O–H groups in total. The average molecular weight is 276 g/mol. The van der Waals surface area contributed by atoms with Gasteiger partial charge in [-0.15, -0.1) is 0 Å². The summed E-state index contributed by atoms with van der Waals surface area (Å²) < 4.78 is 0. The van der Waals surface area contributed by atoms with E-state index in [1.54, 1.807) is 0 Å². The number of carbonyl (C=O) groups is 1. The molecule has 0 bridgehead atoms. The Bertz CT molecular complexity index is 422. The Morgan fingerprint density at radius 2 is 2.00 bits per heavy atom. The van der Waals surface area contributed by atoms with Gasteiger partial charge in [0.15, 0.2) is 0 Å². The highest BCUT2D eigenvalue weighted by atomic mass is 16.3. The van der Waals surface area contributed by atoms with Gasteiger partial charge >= 0.3 is 0 Å². The lowest BCUT2D eigenvalue weighted by Crippen LogP contribution is -2.44. The molecule has 1 saturated carbocycles. The van der Waals surface area contributed by atoms with E-state index in [9.17, 15) is 9.90 Å². The SMILES string of the molecule is NC(Cc1ccccc1)C(=O)NCC1CCCC1CO. The van der Waals surface area contributed by atoms with Gasteiger partial charge in [0, 0.05) is 13.2 Å². The van der Waals surface area contributed by atoms with Crippen molar-refractivity contribution >= 4 is 5.91 Å². The van der Waals surface area contributed by atoms with E-state index >= 15 is 0 Å². The van der Waals surface area contributed by atoms with Gasteiger partial charge < -0.3 is 16.2 Å². The molecule has 0 aliphatic heterocycles. The molecule has 3 unspecified atom stereocenters. The van der Waals surface area contributed by atoms with E-state index in [1.165, 1.54) is 0 Å². The number of hydrogen-bond acceptors (Lipinski definition) is 3. The summed E-state index contributed by atoms with van der Waals surface area (Å²) >= 11 is 0. The molecule has 20 heavy (non-hydrogen) atoms. The van der Waals surface area contributed by atoms with Gasteiger partial charge in [-0.1, -0.05) is 36.8 Å². The van der Waals surface area contributed by atoms with Gasteiger partial charge in [-0.25, -0.2) is 0 Å². The molecule has 0 aromatic heterocycles. The lowest BCUT2D eigenvalue weighted by molar-refractivity contribution is -0.122. The van der Waals surface area contributed by atoms with E-state index in [4.69, 9.17) is 5.73 Å². The molecule has 3 atom stereocenters. The van der Waals surface area contributed by atoms with E-state index in [0.29, 0.717) is 24.8 Å². The maximum atomic E-state index is 12.0. The molecular formula is C16H24N2O2. The highest BCUT2D eigenvalue weighted by molar-refractivity contribution is 5.81. The third-order valence-electron chi connectivity index (χ3n) is 4.22.